The number of carbonyl (C=O) groups excluding carboxylic acids is 2. The van der Waals surface area contributed by atoms with Crippen molar-refractivity contribution in [2.75, 3.05) is 4.90 Å². The standard InChI is InChI=1S/C12H9FN2O2/c13-9-1-3-10(4-2-9)15-11(16)7-8(5-6-14)12(15)17/h1-4,8H,5,7H2. The number of rotatable bonds is 2. The Bertz CT molecular complexity index is 504. The molecule has 2 amide bonds. The molecule has 4 nitrogen and oxygen atoms in total. The highest BCUT2D eigenvalue weighted by atomic mass is 19.1. The summed E-state index contributed by atoms with van der Waals surface area (Å²) < 4.78 is 12.7. The zero-order chi connectivity index (χ0) is 12.4. The van der Waals surface area contributed by atoms with Crippen LogP contribution in [-0.4, -0.2) is 11.8 Å². The van der Waals surface area contributed by atoms with E-state index in [0.717, 1.165) is 4.90 Å². The maximum atomic E-state index is 12.7. The van der Waals surface area contributed by atoms with Crippen molar-refractivity contribution in [1.29, 1.82) is 5.26 Å². The lowest BCUT2D eigenvalue weighted by Crippen LogP contribution is -2.30. The number of benzene rings is 1. The SMILES string of the molecule is N#CCC1CC(=O)N(c2ccc(F)cc2)C1=O. The Morgan fingerprint density at radius 3 is 2.59 bits per heavy atom. The topological polar surface area (TPSA) is 61.2 Å². The minimum absolute atomic E-state index is 0.0300. The summed E-state index contributed by atoms with van der Waals surface area (Å²) >= 11 is 0. The van der Waals surface area contributed by atoms with Crippen molar-refractivity contribution >= 4 is 17.5 Å². The molecule has 0 spiro atoms. The van der Waals surface area contributed by atoms with E-state index < -0.39 is 11.7 Å². The van der Waals surface area contributed by atoms with Gasteiger partial charge < -0.3 is 0 Å². The third-order valence-corrected chi connectivity index (χ3v) is 2.66. The van der Waals surface area contributed by atoms with E-state index in [1.807, 2.05) is 6.07 Å². The van der Waals surface area contributed by atoms with Gasteiger partial charge in [-0.3, -0.25) is 14.5 Å². The van der Waals surface area contributed by atoms with Gasteiger partial charge in [-0.25, -0.2) is 4.39 Å². The quantitative estimate of drug-likeness (QED) is 0.728. The summed E-state index contributed by atoms with van der Waals surface area (Å²) in [5.74, 6) is -1.73. The van der Waals surface area contributed by atoms with E-state index in [0.29, 0.717) is 5.69 Å². The average Bonchev–Trinajstić information content (AvgIpc) is 2.57. The molecule has 0 saturated carbocycles. The molecule has 1 fully saturated rings. The number of hydrogen-bond acceptors (Lipinski definition) is 3. The minimum Gasteiger partial charge on any atom is -0.274 e. The summed E-state index contributed by atoms with van der Waals surface area (Å²) in [5.41, 5.74) is 0.349. The molecule has 0 radical (unpaired) electrons. The van der Waals surface area contributed by atoms with Gasteiger partial charge in [0.1, 0.15) is 5.82 Å². The number of nitrogens with zero attached hydrogens (tertiary/aromatic N) is 2. The molecule has 1 aliphatic heterocycles. The lowest BCUT2D eigenvalue weighted by atomic mass is 10.1. The Labute approximate surface area is 97.3 Å². The van der Waals surface area contributed by atoms with Crippen LogP contribution in [0.3, 0.4) is 0 Å². The van der Waals surface area contributed by atoms with Crippen molar-refractivity contribution in [2.45, 2.75) is 12.8 Å². The van der Waals surface area contributed by atoms with Crippen LogP contribution in [0.25, 0.3) is 0 Å². The van der Waals surface area contributed by atoms with Gasteiger partial charge in [-0.15, -0.1) is 0 Å². The van der Waals surface area contributed by atoms with Gasteiger partial charge in [-0.2, -0.15) is 5.26 Å². The van der Waals surface area contributed by atoms with Crippen LogP contribution in [0.15, 0.2) is 24.3 Å². The molecule has 1 heterocycles. The molecule has 1 aromatic rings. The number of carbonyl (C=O) groups is 2. The maximum Gasteiger partial charge on any atom is 0.238 e. The van der Waals surface area contributed by atoms with Gasteiger partial charge in [0.25, 0.3) is 0 Å². The number of amides is 2. The molecular formula is C12H9FN2O2. The van der Waals surface area contributed by atoms with E-state index in [1.54, 1.807) is 0 Å². The third-order valence-electron chi connectivity index (χ3n) is 2.66. The van der Waals surface area contributed by atoms with E-state index in [9.17, 15) is 14.0 Å². The summed E-state index contributed by atoms with van der Waals surface area (Å²) in [6.07, 6.45) is 0.0754. The van der Waals surface area contributed by atoms with Crippen LogP contribution in [0.4, 0.5) is 10.1 Å². The second kappa shape index (κ2) is 4.34. The van der Waals surface area contributed by atoms with Gasteiger partial charge in [0.05, 0.1) is 17.7 Å². The fourth-order valence-electron chi connectivity index (χ4n) is 1.83. The van der Waals surface area contributed by atoms with Crippen molar-refractivity contribution < 1.29 is 14.0 Å². The molecule has 1 aromatic carbocycles. The number of hydrogen-bond donors (Lipinski definition) is 0. The first-order valence-corrected chi connectivity index (χ1v) is 5.13. The van der Waals surface area contributed by atoms with E-state index in [1.165, 1.54) is 24.3 Å². The maximum absolute atomic E-state index is 12.7. The van der Waals surface area contributed by atoms with E-state index in [-0.39, 0.29) is 24.7 Å². The number of imide groups is 1. The van der Waals surface area contributed by atoms with E-state index >= 15 is 0 Å². The van der Waals surface area contributed by atoms with Crippen LogP contribution in [0.2, 0.25) is 0 Å². The highest BCUT2D eigenvalue weighted by Crippen LogP contribution is 2.28. The average molecular weight is 232 g/mol. The van der Waals surface area contributed by atoms with Crippen LogP contribution in [-0.2, 0) is 9.59 Å². The number of halogens is 1. The predicted molar refractivity (Wildman–Crippen MR) is 57.2 cm³/mol. The van der Waals surface area contributed by atoms with Crippen LogP contribution < -0.4 is 4.90 Å². The first-order chi connectivity index (χ1) is 8.13. The van der Waals surface area contributed by atoms with Gasteiger partial charge in [-0.05, 0) is 24.3 Å². The Morgan fingerprint density at radius 2 is 2.00 bits per heavy atom. The van der Waals surface area contributed by atoms with Crippen molar-refractivity contribution in [3.05, 3.63) is 30.1 Å². The predicted octanol–water partition coefficient (Wildman–Crippen LogP) is 1.62. The van der Waals surface area contributed by atoms with Crippen molar-refractivity contribution in [3.63, 3.8) is 0 Å². The Hall–Kier alpha value is -2.22. The molecule has 1 saturated heterocycles. The molecular weight excluding hydrogens is 223 g/mol. The van der Waals surface area contributed by atoms with Crippen LogP contribution in [0.1, 0.15) is 12.8 Å². The van der Waals surface area contributed by atoms with E-state index in [2.05, 4.69) is 0 Å². The second-order valence-electron chi connectivity index (χ2n) is 3.81. The molecule has 1 aliphatic rings. The molecule has 1 unspecified atom stereocenters. The summed E-state index contributed by atoms with van der Waals surface area (Å²) in [7, 11) is 0. The van der Waals surface area contributed by atoms with Crippen molar-refractivity contribution in [2.24, 2.45) is 5.92 Å². The molecule has 0 N–H and O–H groups in total. The third kappa shape index (κ3) is 2.02. The van der Waals surface area contributed by atoms with Gasteiger partial charge in [0.2, 0.25) is 11.8 Å². The summed E-state index contributed by atoms with van der Waals surface area (Å²) in [6, 6.07) is 7.01. The Morgan fingerprint density at radius 1 is 1.35 bits per heavy atom. The smallest absolute Gasteiger partial charge is 0.238 e. The molecule has 86 valence electrons. The first kappa shape index (κ1) is 11.3. The largest absolute Gasteiger partial charge is 0.274 e. The van der Waals surface area contributed by atoms with Crippen LogP contribution in [0, 0.1) is 23.1 Å². The molecule has 1 atom stereocenters. The monoisotopic (exact) mass is 232 g/mol. The number of anilines is 1. The molecule has 0 aliphatic carbocycles. The first-order valence-electron chi connectivity index (χ1n) is 5.13. The highest BCUT2D eigenvalue weighted by Gasteiger charge is 2.39. The summed E-state index contributed by atoms with van der Waals surface area (Å²) in [5, 5.41) is 8.54. The Kier molecular flexibility index (Phi) is 2.88. The van der Waals surface area contributed by atoms with Gasteiger partial charge in [0.15, 0.2) is 0 Å². The molecule has 17 heavy (non-hydrogen) atoms. The summed E-state index contributed by atoms with van der Waals surface area (Å²) in [4.78, 5) is 24.5. The second-order valence-corrected chi connectivity index (χ2v) is 3.81. The molecule has 0 aromatic heterocycles. The van der Waals surface area contributed by atoms with Gasteiger partial charge in [0, 0.05) is 12.8 Å². The lowest BCUT2D eigenvalue weighted by Gasteiger charge is -2.14. The van der Waals surface area contributed by atoms with Crippen LogP contribution in [0.5, 0.6) is 0 Å². The fraction of sp³-hybridized carbons (Fsp3) is 0.250. The zero-order valence-corrected chi connectivity index (χ0v) is 8.89. The van der Waals surface area contributed by atoms with Gasteiger partial charge >= 0.3 is 0 Å². The van der Waals surface area contributed by atoms with Crippen molar-refractivity contribution in [1.82, 2.24) is 0 Å². The summed E-state index contributed by atoms with van der Waals surface area (Å²) in [6.45, 7) is 0. The lowest BCUT2D eigenvalue weighted by molar-refractivity contribution is -0.122. The van der Waals surface area contributed by atoms with E-state index in [4.69, 9.17) is 5.26 Å². The van der Waals surface area contributed by atoms with Crippen molar-refractivity contribution in [3.8, 4) is 6.07 Å². The zero-order valence-electron chi connectivity index (χ0n) is 8.89. The number of nitriles is 1. The molecule has 2 rings (SSSR count). The Balaban J connectivity index is 2.28. The normalized spacial score (nSPS) is 19.5. The minimum atomic E-state index is -0.572. The highest BCUT2D eigenvalue weighted by molar-refractivity contribution is 6.20. The fourth-order valence-corrected chi connectivity index (χ4v) is 1.83. The van der Waals surface area contributed by atoms with Crippen LogP contribution >= 0.6 is 0 Å². The molecule has 5 heteroatoms. The van der Waals surface area contributed by atoms with Gasteiger partial charge in [-0.1, -0.05) is 0 Å². The molecule has 0 bridgehead atoms.